The Bertz CT molecular complexity index is 442. The van der Waals surface area contributed by atoms with Gasteiger partial charge in [0.2, 0.25) is 0 Å². The molecule has 1 N–H and O–H groups in total. The third-order valence-electron chi connectivity index (χ3n) is 4.01. The Balaban J connectivity index is 2.07. The standard InChI is InChI=1S/C13H22N4O2/c1-3-5-13(12(18)19)6-4-7-17(9-13)8-11-14-10-15-16(11)2/h10H,3-9H2,1-2H3,(H,18,19). The number of carboxylic acid groups (broad SMARTS) is 1. The minimum Gasteiger partial charge on any atom is -0.481 e. The van der Waals surface area contributed by atoms with Gasteiger partial charge in [-0.1, -0.05) is 13.3 Å². The molecule has 1 aromatic heterocycles. The average Bonchev–Trinajstić information content (AvgIpc) is 2.76. The highest BCUT2D eigenvalue weighted by atomic mass is 16.4. The maximum Gasteiger partial charge on any atom is 0.310 e. The molecule has 2 heterocycles. The molecule has 1 unspecified atom stereocenters. The quantitative estimate of drug-likeness (QED) is 0.869. The number of likely N-dealkylation sites (tertiary alicyclic amines) is 1. The van der Waals surface area contributed by atoms with Crippen LogP contribution in [0.3, 0.4) is 0 Å². The van der Waals surface area contributed by atoms with E-state index in [1.54, 1.807) is 4.68 Å². The van der Waals surface area contributed by atoms with E-state index in [1.807, 2.05) is 14.0 Å². The molecule has 0 aromatic carbocycles. The van der Waals surface area contributed by atoms with Crippen molar-refractivity contribution in [2.45, 2.75) is 39.2 Å². The molecule has 0 spiro atoms. The van der Waals surface area contributed by atoms with Crippen molar-refractivity contribution >= 4 is 5.97 Å². The van der Waals surface area contributed by atoms with Gasteiger partial charge in [0.15, 0.2) is 0 Å². The topological polar surface area (TPSA) is 71.2 Å². The lowest BCUT2D eigenvalue weighted by atomic mass is 9.76. The number of hydrogen-bond acceptors (Lipinski definition) is 4. The predicted octanol–water partition coefficient (Wildman–Crippen LogP) is 1.28. The Morgan fingerprint density at radius 1 is 1.58 bits per heavy atom. The fourth-order valence-electron chi connectivity index (χ4n) is 2.99. The lowest BCUT2D eigenvalue weighted by Gasteiger charge is -2.39. The van der Waals surface area contributed by atoms with Crippen LogP contribution in [0.5, 0.6) is 0 Å². The van der Waals surface area contributed by atoms with Gasteiger partial charge in [-0.25, -0.2) is 4.98 Å². The minimum absolute atomic E-state index is 0.578. The third-order valence-corrected chi connectivity index (χ3v) is 4.01. The van der Waals surface area contributed by atoms with E-state index < -0.39 is 11.4 Å². The van der Waals surface area contributed by atoms with E-state index in [2.05, 4.69) is 15.0 Å². The molecule has 1 saturated heterocycles. The van der Waals surface area contributed by atoms with Gasteiger partial charge in [0.25, 0.3) is 0 Å². The third kappa shape index (κ3) is 2.94. The monoisotopic (exact) mass is 266 g/mol. The zero-order valence-corrected chi connectivity index (χ0v) is 11.7. The second kappa shape index (κ2) is 5.69. The lowest BCUT2D eigenvalue weighted by molar-refractivity contribution is -0.153. The van der Waals surface area contributed by atoms with Gasteiger partial charge < -0.3 is 5.11 Å². The predicted molar refractivity (Wildman–Crippen MR) is 70.5 cm³/mol. The van der Waals surface area contributed by atoms with E-state index in [-0.39, 0.29) is 0 Å². The minimum atomic E-state index is -0.656. The summed E-state index contributed by atoms with van der Waals surface area (Å²) in [6, 6.07) is 0. The summed E-state index contributed by atoms with van der Waals surface area (Å²) in [7, 11) is 1.86. The summed E-state index contributed by atoms with van der Waals surface area (Å²) in [5.74, 6) is 0.231. The van der Waals surface area contributed by atoms with Crippen LogP contribution >= 0.6 is 0 Å². The first-order valence-electron chi connectivity index (χ1n) is 6.86. The normalized spacial score (nSPS) is 24.5. The number of aliphatic carboxylic acids is 1. The first-order valence-corrected chi connectivity index (χ1v) is 6.86. The molecule has 6 nitrogen and oxygen atoms in total. The molecule has 19 heavy (non-hydrogen) atoms. The van der Waals surface area contributed by atoms with Crippen LogP contribution in [0, 0.1) is 5.41 Å². The number of piperidine rings is 1. The molecule has 0 amide bonds. The largest absolute Gasteiger partial charge is 0.481 e. The molecular weight excluding hydrogens is 244 g/mol. The molecule has 1 aliphatic rings. The van der Waals surface area contributed by atoms with Crippen molar-refractivity contribution in [1.82, 2.24) is 19.7 Å². The summed E-state index contributed by atoms with van der Waals surface area (Å²) in [5.41, 5.74) is -0.578. The number of hydrogen-bond donors (Lipinski definition) is 1. The van der Waals surface area contributed by atoms with Crippen LogP contribution in [-0.4, -0.2) is 43.8 Å². The van der Waals surface area contributed by atoms with Crippen LogP contribution in [-0.2, 0) is 18.4 Å². The Labute approximate surface area is 113 Å². The summed E-state index contributed by atoms with van der Waals surface area (Å²) >= 11 is 0. The molecule has 0 aliphatic carbocycles. The molecule has 2 rings (SSSR count). The number of rotatable bonds is 5. The number of aromatic nitrogens is 3. The van der Waals surface area contributed by atoms with Crippen LogP contribution in [0.25, 0.3) is 0 Å². The smallest absolute Gasteiger partial charge is 0.310 e. The molecule has 1 aromatic rings. The zero-order valence-electron chi connectivity index (χ0n) is 11.7. The molecule has 1 fully saturated rings. The first kappa shape index (κ1) is 14.0. The van der Waals surface area contributed by atoms with E-state index in [0.29, 0.717) is 13.1 Å². The van der Waals surface area contributed by atoms with Gasteiger partial charge in [-0.3, -0.25) is 14.4 Å². The van der Waals surface area contributed by atoms with Crippen molar-refractivity contribution in [2.24, 2.45) is 12.5 Å². The fraction of sp³-hybridized carbons (Fsp3) is 0.769. The van der Waals surface area contributed by atoms with E-state index in [0.717, 1.165) is 38.1 Å². The van der Waals surface area contributed by atoms with Gasteiger partial charge in [0.05, 0.1) is 12.0 Å². The van der Waals surface area contributed by atoms with E-state index in [4.69, 9.17) is 0 Å². The van der Waals surface area contributed by atoms with Gasteiger partial charge in [0.1, 0.15) is 12.2 Å². The maximum atomic E-state index is 11.6. The van der Waals surface area contributed by atoms with Crippen molar-refractivity contribution in [2.75, 3.05) is 13.1 Å². The Hall–Kier alpha value is -1.43. The zero-order chi connectivity index (χ0) is 13.9. The van der Waals surface area contributed by atoms with Crippen molar-refractivity contribution in [3.8, 4) is 0 Å². The SMILES string of the molecule is CCCC1(C(=O)O)CCCN(Cc2ncnn2C)C1. The summed E-state index contributed by atoms with van der Waals surface area (Å²) in [6.07, 6.45) is 4.91. The van der Waals surface area contributed by atoms with Gasteiger partial charge in [-0.15, -0.1) is 0 Å². The first-order chi connectivity index (χ1) is 9.07. The highest BCUT2D eigenvalue weighted by molar-refractivity contribution is 5.75. The van der Waals surface area contributed by atoms with Gasteiger partial charge in [-0.05, 0) is 25.8 Å². The summed E-state index contributed by atoms with van der Waals surface area (Å²) in [6.45, 7) is 4.27. The number of carbonyl (C=O) groups is 1. The molecule has 1 aliphatic heterocycles. The summed E-state index contributed by atoms with van der Waals surface area (Å²) in [5, 5.41) is 13.6. The van der Waals surface area contributed by atoms with Crippen molar-refractivity contribution in [3.05, 3.63) is 12.2 Å². The summed E-state index contributed by atoms with van der Waals surface area (Å²) < 4.78 is 1.75. The lowest BCUT2D eigenvalue weighted by Crippen LogP contribution is -2.47. The van der Waals surface area contributed by atoms with Crippen molar-refractivity contribution < 1.29 is 9.90 Å². The molecular formula is C13H22N4O2. The number of nitrogens with zero attached hydrogens (tertiary/aromatic N) is 4. The number of carboxylic acids is 1. The van der Waals surface area contributed by atoms with Crippen LogP contribution in [0.4, 0.5) is 0 Å². The van der Waals surface area contributed by atoms with Gasteiger partial charge in [0, 0.05) is 13.6 Å². The van der Waals surface area contributed by atoms with Crippen LogP contribution in [0.1, 0.15) is 38.4 Å². The van der Waals surface area contributed by atoms with Crippen molar-refractivity contribution in [3.63, 3.8) is 0 Å². The maximum absolute atomic E-state index is 11.6. The van der Waals surface area contributed by atoms with E-state index in [9.17, 15) is 9.90 Å². The van der Waals surface area contributed by atoms with Crippen LogP contribution in [0.2, 0.25) is 0 Å². The fourth-order valence-corrected chi connectivity index (χ4v) is 2.99. The van der Waals surface area contributed by atoms with Crippen LogP contribution in [0.15, 0.2) is 6.33 Å². The Morgan fingerprint density at radius 2 is 2.37 bits per heavy atom. The molecule has 0 saturated carbocycles. The van der Waals surface area contributed by atoms with Gasteiger partial charge >= 0.3 is 5.97 Å². The molecule has 0 bridgehead atoms. The molecule has 1 atom stereocenters. The molecule has 6 heteroatoms. The van der Waals surface area contributed by atoms with Gasteiger partial charge in [-0.2, -0.15) is 5.10 Å². The van der Waals surface area contributed by atoms with E-state index >= 15 is 0 Å². The highest BCUT2D eigenvalue weighted by Crippen LogP contribution is 2.35. The molecule has 0 radical (unpaired) electrons. The molecule has 106 valence electrons. The highest BCUT2D eigenvalue weighted by Gasteiger charge is 2.41. The van der Waals surface area contributed by atoms with Crippen LogP contribution < -0.4 is 0 Å². The second-order valence-corrected chi connectivity index (χ2v) is 5.45. The van der Waals surface area contributed by atoms with E-state index in [1.165, 1.54) is 6.33 Å². The second-order valence-electron chi connectivity index (χ2n) is 5.45. The summed E-state index contributed by atoms with van der Waals surface area (Å²) in [4.78, 5) is 18.0. The number of aryl methyl sites for hydroxylation is 1. The Morgan fingerprint density at radius 3 is 2.95 bits per heavy atom. The Kier molecular flexibility index (Phi) is 4.19. The van der Waals surface area contributed by atoms with Crippen molar-refractivity contribution in [1.29, 1.82) is 0 Å². The average molecular weight is 266 g/mol.